The summed E-state index contributed by atoms with van der Waals surface area (Å²) in [7, 11) is 0. The molecule has 1 aromatic rings. The second-order valence-electron chi connectivity index (χ2n) is 4.17. The van der Waals surface area contributed by atoms with Crippen LogP contribution in [0.2, 0.25) is 0 Å². The average molecular weight is 361 g/mol. The van der Waals surface area contributed by atoms with Gasteiger partial charge in [-0.3, -0.25) is 14.5 Å². The zero-order chi connectivity index (χ0) is 12.6. The van der Waals surface area contributed by atoms with Crippen LogP contribution in [0, 0.1) is 5.92 Å². The summed E-state index contributed by atoms with van der Waals surface area (Å²) in [6.45, 7) is 2.45. The van der Waals surface area contributed by atoms with Gasteiger partial charge in [0.05, 0.1) is 11.1 Å². The third-order valence-corrected chi connectivity index (χ3v) is 4.29. The van der Waals surface area contributed by atoms with Gasteiger partial charge in [-0.25, -0.2) is 0 Å². The Hall–Kier alpha value is -0.680. The summed E-state index contributed by atoms with van der Waals surface area (Å²) in [5, 5.41) is 0.768. The van der Waals surface area contributed by atoms with E-state index >= 15 is 0 Å². The summed E-state index contributed by atoms with van der Waals surface area (Å²) >= 11 is 6.66. The summed E-state index contributed by atoms with van der Waals surface area (Å²) in [4.78, 5) is 25.4. The lowest BCUT2D eigenvalue weighted by molar-refractivity contribution is 0.0637. The number of halogens is 2. The van der Waals surface area contributed by atoms with E-state index in [0.717, 1.165) is 9.80 Å². The maximum Gasteiger partial charge on any atom is 0.261 e. The first-order valence-electron chi connectivity index (χ1n) is 5.26. The van der Waals surface area contributed by atoms with E-state index in [1.54, 1.807) is 18.2 Å². The van der Waals surface area contributed by atoms with E-state index in [-0.39, 0.29) is 17.7 Å². The van der Waals surface area contributed by atoms with E-state index < -0.39 is 0 Å². The molecule has 0 N–H and O–H groups in total. The number of hydrogen-bond acceptors (Lipinski definition) is 2. The lowest BCUT2D eigenvalue weighted by atomic mass is 10.1. The summed E-state index contributed by atoms with van der Waals surface area (Å²) in [5.74, 6) is -0.134. The Morgan fingerprint density at radius 2 is 1.88 bits per heavy atom. The molecule has 90 valence electrons. The highest BCUT2D eigenvalue weighted by molar-refractivity contribution is 9.10. The van der Waals surface area contributed by atoms with Gasteiger partial charge in [0.25, 0.3) is 11.8 Å². The molecule has 0 radical (unpaired) electrons. The van der Waals surface area contributed by atoms with Gasteiger partial charge < -0.3 is 0 Å². The lowest BCUT2D eigenvalue weighted by Crippen LogP contribution is -2.34. The van der Waals surface area contributed by atoms with E-state index in [0.29, 0.717) is 17.7 Å². The van der Waals surface area contributed by atoms with Crippen molar-refractivity contribution in [1.82, 2.24) is 4.90 Å². The number of carbonyl (C=O) groups is 2. The summed E-state index contributed by atoms with van der Waals surface area (Å²) in [6.07, 6.45) is 0. The number of benzene rings is 1. The van der Waals surface area contributed by atoms with Crippen molar-refractivity contribution in [2.75, 3.05) is 11.9 Å². The van der Waals surface area contributed by atoms with Gasteiger partial charge in [-0.1, -0.05) is 38.8 Å². The molecule has 2 rings (SSSR count). The van der Waals surface area contributed by atoms with Gasteiger partial charge in [0.1, 0.15) is 0 Å². The molecule has 0 aromatic heterocycles. The van der Waals surface area contributed by atoms with Gasteiger partial charge in [-0.2, -0.15) is 0 Å². The molecule has 1 aliphatic heterocycles. The van der Waals surface area contributed by atoms with Crippen molar-refractivity contribution in [3.63, 3.8) is 0 Å². The van der Waals surface area contributed by atoms with Crippen molar-refractivity contribution in [2.45, 2.75) is 6.92 Å². The van der Waals surface area contributed by atoms with Crippen LogP contribution in [-0.4, -0.2) is 28.6 Å². The molecule has 0 fully saturated rings. The van der Waals surface area contributed by atoms with Crippen LogP contribution in [0.3, 0.4) is 0 Å². The molecule has 0 bridgehead atoms. The van der Waals surface area contributed by atoms with Crippen LogP contribution in [0.5, 0.6) is 0 Å². The molecule has 17 heavy (non-hydrogen) atoms. The Morgan fingerprint density at radius 3 is 2.53 bits per heavy atom. The number of fused-ring (bicyclic) bond motifs is 1. The Kier molecular flexibility index (Phi) is 3.68. The summed E-state index contributed by atoms with van der Waals surface area (Å²) in [5.41, 5.74) is 0.992. The number of alkyl halides is 1. The number of nitrogens with zero attached hydrogens (tertiary/aromatic N) is 1. The van der Waals surface area contributed by atoms with Crippen molar-refractivity contribution in [1.29, 1.82) is 0 Å². The third-order valence-electron chi connectivity index (χ3n) is 2.69. The molecule has 0 spiro atoms. The molecule has 0 aliphatic carbocycles. The highest BCUT2D eigenvalue weighted by Gasteiger charge is 2.35. The zero-order valence-corrected chi connectivity index (χ0v) is 12.4. The molecule has 1 aromatic carbocycles. The minimum Gasteiger partial charge on any atom is -0.274 e. The second kappa shape index (κ2) is 4.90. The maximum absolute atomic E-state index is 12.1. The predicted octanol–water partition coefficient (Wildman–Crippen LogP) is 3.08. The minimum atomic E-state index is -0.195. The molecule has 1 heterocycles. The monoisotopic (exact) mass is 359 g/mol. The molecule has 3 nitrogen and oxygen atoms in total. The van der Waals surface area contributed by atoms with Gasteiger partial charge >= 0.3 is 0 Å². The first-order chi connectivity index (χ1) is 8.04. The number of amides is 2. The van der Waals surface area contributed by atoms with Crippen molar-refractivity contribution in [3.8, 4) is 0 Å². The predicted molar refractivity (Wildman–Crippen MR) is 72.5 cm³/mol. The molecule has 0 saturated carbocycles. The Morgan fingerprint density at radius 1 is 1.24 bits per heavy atom. The van der Waals surface area contributed by atoms with Crippen LogP contribution < -0.4 is 0 Å². The van der Waals surface area contributed by atoms with Crippen LogP contribution in [-0.2, 0) is 0 Å². The molecule has 5 heteroatoms. The van der Waals surface area contributed by atoms with E-state index in [9.17, 15) is 9.59 Å². The highest BCUT2D eigenvalue weighted by Crippen LogP contribution is 2.26. The lowest BCUT2D eigenvalue weighted by Gasteiger charge is -2.17. The fourth-order valence-corrected chi connectivity index (χ4v) is 2.36. The SMILES string of the molecule is CC(CBr)CN1C(=O)c2ccc(Br)cc2C1=O. The van der Waals surface area contributed by atoms with Gasteiger partial charge in [-0.15, -0.1) is 0 Å². The standard InChI is InChI=1S/C12H11Br2NO2/c1-7(5-13)6-15-11(16)9-3-2-8(14)4-10(9)12(15)17/h2-4,7H,5-6H2,1H3. The number of rotatable bonds is 3. The molecule has 2 amide bonds. The Bertz CT molecular complexity index is 487. The Labute approximate surface area is 116 Å². The van der Waals surface area contributed by atoms with E-state index in [2.05, 4.69) is 31.9 Å². The van der Waals surface area contributed by atoms with Crippen LogP contribution in [0.1, 0.15) is 27.6 Å². The van der Waals surface area contributed by atoms with Crippen molar-refractivity contribution in [3.05, 3.63) is 33.8 Å². The minimum absolute atomic E-state index is 0.190. The quantitative estimate of drug-likeness (QED) is 0.613. The third kappa shape index (κ3) is 2.31. The van der Waals surface area contributed by atoms with Crippen LogP contribution in [0.25, 0.3) is 0 Å². The largest absolute Gasteiger partial charge is 0.274 e. The van der Waals surface area contributed by atoms with E-state index in [4.69, 9.17) is 0 Å². The maximum atomic E-state index is 12.1. The second-order valence-corrected chi connectivity index (χ2v) is 5.73. The number of imide groups is 1. The van der Waals surface area contributed by atoms with Crippen molar-refractivity contribution in [2.24, 2.45) is 5.92 Å². The Balaban J connectivity index is 2.32. The van der Waals surface area contributed by atoms with E-state index in [1.165, 1.54) is 4.90 Å². The van der Waals surface area contributed by atoms with Gasteiger partial charge in [-0.05, 0) is 24.1 Å². The zero-order valence-electron chi connectivity index (χ0n) is 9.24. The molecule has 1 aliphatic rings. The first kappa shape index (κ1) is 12.8. The average Bonchev–Trinajstić information content (AvgIpc) is 2.54. The molecular weight excluding hydrogens is 350 g/mol. The molecule has 0 saturated heterocycles. The van der Waals surface area contributed by atoms with E-state index in [1.807, 2.05) is 6.92 Å². The molecule has 1 atom stereocenters. The first-order valence-corrected chi connectivity index (χ1v) is 7.17. The van der Waals surface area contributed by atoms with Crippen LogP contribution in [0.4, 0.5) is 0 Å². The fraction of sp³-hybridized carbons (Fsp3) is 0.333. The topological polar surface area (TPSA) is 37.4 Å². The fourth-order valence-electron chi connectivity index (χ4n) is 1.79. The molecule has 1 unspecified atom stereocenters. The number of hydrogen-bond donors (Lipinski definition) is 0. The van der Waals surface area contributed by atoms with Crippen molar-refractivity contribution >= 4 is 43.7 Å². The highest BCUT2D eigenvalue weighted by atomic mass is 79.9. The van der Waals surface area contributed by atoms with Crippen LogP contribution >= 0.6 is 31.9 Å². The van der Waals surface area contributed by atoms with Gasteiger partial charge in [0.2, 0.25) is 0 Å². The number of carbonyl (C=O) groups excluding carboxylic acids is 2. The van der Waals surface area contributed by atoms with Gasteiger partial charge in [0, 0.05) is 16.3 Å². The van der Waals surface area contributed by atoms with Crippen LogP contribution in [0.15, 0.2) is 22.7 Å². The summed E-state index contributed by atoms with van der Waals surface area (Å²) < 4.78 is 0.813. The van der Waals surface area contributed by atoms with Crippen molar-refractivity contribution < 1.29 is 9.59 Å². The smallest absolute Gasteiger partial charge is 0.261 e. The van der Waals surface area contributed by atoms with Gasteiger partial charge in [0.15, 0.2) is 0 Å². The summed E-state index contributed by atoms with van der Waals surface area (Å²) in [6, 6.07) is 5.17. The normalized spacial score (nSPS) is 16.3. The molecular formula is C12H11Br2NO2.